The number of ether oxygens (including phenoxy) is 2. The van der Waals surface area contributed by atoms with E-state index in [1.54, 1.807) is 14.2 Å². The van der Waals surface area contributed by atoms with Crippen LogP contribution in [0, 0.1) is 0 Å². The first-order valence-corrected chi connectivity index (χ1v) is 6.90. The highest BCUT2D eigenvalue weighted by atomic mass is 16.5. The molecular weight excluding hydrogens is 242 g/mol. The molecule has 2 aliphatic heterocycles. The number of piperidine rings is 1. The van der Waals surface area contributed by atoms with Gasteiger partial charge in [0.1, 0.15) is 0 Å². The maximum absolute atomic E-state index is 9.92. The van der Waals surface area contributed by atoms with Crippen LogP contribution in [0.2, 0.25) is 0 Å². The summed E-state index contributed by atoms with van der Waals surface area (Å²) in [4.78, 5) is 2.47. The molecule has 0 aromatic heterocycles. The molecule has 2 unspecified atom stereocenters. The predicted molar refractivity (Wildman–Crippen MR) is 72.8 cm³/mol. The summed E-state index contributed by atoms with van der Waals surface area (Å²) in [6, 6.07) is 4.50. The minimum absolute atomic E-state index is 0.180. The minimum Gasteiger partial charge on any atom is -0.493 e. The van der Waals surface area contributed by atoms with Gasteiger partial charge in [-0.1, -0.05) is 0 Å². The van der Waals surface area contributed by atoms with Gasteiger partial charge in [-0.2, -0.15) is 0 Å². The van der Waals surface area contributed by atoms with Crippen LogP contribution in [0.1, 0.15) is 30.0 Å². The molecule has 4 nitrogen and oxygen atoms in total. The summed E-state index contributed by atoms with van der Waals surface area (Å²) in [5.41, 5.74) is 2.62. The molecule has 1 fully saturated rings. The van der Waals surface area contributed by atoms with Crippen molar-refractivity contribution in [2.24, 2.45) is 0 Å². The van der Waals surface area contributed by atoms with E-state index in [9.17, 15) is 5.11 Å². The molecule has 0 radical (unpaired) electrons. The van der Waals surface area contributed by atoms with E-state index < -0.39 is 0 Å². The summed E-state index contributed by atoms with van der Waals surface area (Å²) in [6.07, 6.45) is 2.57. The van der Waals surface area contributed by atoms with E-state index >= 15 is 0 Å². The first-order chi connectivity index (χ1) is 9.22. The quantitative estimate of drug-likeness (QED) is 0.883. The van der Waals surface area contributed by atoms with E-state index in [1.165, 1.54) is 11.1 Å². The summed E-state index contributed by atoms with van der Waals surface area (Å²) < 4.78 is 10.8. The number of hydrogen-bond donors (Lipinski definition) is 1. The molecule has 1 aromatic rings. The van der Waals surface area contributed by atoms with Gasteiger partial charge in [-0.25, -0.2) is 0 Å². The van der Waals surface area contributed by atoms with Gasteiger partial charge in [0.25, 0.3) is 0 Å². The van der Waals surface area contributed by atoms with Gasteiger partial charge < -0.3 is 14.6 Å². The van der Waals surface area contributed by atoms with E-state index in [-0.39, 0.29) is 6.10 Å². The number of aliphatic hydroxyl groups excluding tert-OH is 1. The van der Waals surface area contributed by atoms with Crippen molar-refractivity contribution >= 4 is 0 Å². The number of fused-ring (bicyclic) bond motifs is 3. The molecule has 1 N–H and O–H groups in total. The number of nitrogens with zero attached hydrogens (tertiary/aromatic N) is 1. The lowest BCUT2D eigenvalue weighted by Crippen LogP contribution is -2.42. The highest BCUT2D eigenvalue weighted by Crippen LogP contribution is 2.41. The third-order valence-electron chi connectivity index (χ3n) is 4.36. The van der Waals surface area contributed by atoms with Gasteiger partial charge in [0.05, 0.1) is 20.3 Å². The number of methoxy groups -OCH3 is 2. The van der Waals surface area contributed by atoms with Crippen LogP contribution in [-0.4, -0.2) is 43.4 Å². The normalized spacial score (nSPS) is 26.5. The van der Waals surface area contributed by atoms with Crippen LogP contribution in [0.3, 0.4) is 0 Å². The lowest BCUT2D eigenvalue weighted by molar-refractivity contribution is 0.0359. The van der Waals surface area contributed by atoms with Crippen LogP contribution >= 0.6 is 0 Å². The maximum atomic E-state index is 9.92. The Morgan fingerprint density at radius 3 is 2.63 bits per heavy atom. The standard InChI is InChI=1S/C15H21NO3/c1-18-14-7-10-3-5-16-6-4-11(17)8-13(16)12(10)9-15(14)19-2/h7,9,11,13,17H,3-6,8H2,1-2H3. The second kappa shape index (κ2) is 5.02. The van der Waals surface area contributed by atoms with Crippen molar-refractivity contribution in [1.82, 2.24) is 4.90 Å². The first kappa shape index (κ1) is 12.8. The Kier molecular flexibility index (Phi) is 3.37. The molecule has 2 aliphatic rings. The SMILES string of the molecule is COc1cc2c(cc1OC)C1CC(O)CCN1CC2. The molecule has 0 aliphatic carbocycles. The van der Waals surface area contributed by atoms with Gasteiger partial charge in [0, 0.05) is 19.1 Å². The molecule has 0 bridgehead atoms. The smallest absolute Gasteiger partial charge is 0.161 e. The fourth-order valence-electron chi connectivity index (χ4n) is 3.31. The Labute approximate surface area is 113 Å². The zero-order valence-electron chi connectivity index (χ0n) is 11.6. The fraction of sp³-hybridized carbons (Fsp3) is 0.600. The van der Waals surface area contributed by atoms with E-state index in [4.69, 9.17) is 9.47 Å². The van der Waals surface area contributed by atoms with E-state index in [0.717, 1.165) is 43.9 Å². The van der Waals surface area contributed by atoms with Gasteiger partial charge >= 0.3 is 0 Å². The lowest BCUT2D eigenvalue weighted by Gasteiger charge is -2.42. The second-order valence-electron chi connectivity index (χ2n) is 5.39. The summed E-state index contributed by atoms with van der Waals surface area (Å²) in [5.74, 6) is 1.58. The number of benzene rings is 1. The molecule has 0 amide bonds. The topological polar surface area (TPSA) is 41.9 Å². The summed E-state index contributed by atoms with van der Waals surface area (Å²) in [6.45, 7) is 2.06. The highest BCUT2D eigenvalue weighted by molar-refractivity contribution is 5.49. The third-order valence-corrected chi connectivity index (χ3v) is 4.36. The molecule has 19 heavy (non-hydrogen) atoms. The average molecular weight is 263 g/mol. The van der Waals surface area contributed by atoms with Crippen molar-refractivity contribution in [3.8, 4) is 11.5 Å². The summed E-state index contributed by atoms with van der Waals surface area (Å²) in [5, 5.41) is 9.92. The van der Waals surface area contributed by atoms with E-state index in [0.29, 0.717) is 6.04 Å². The van der Waals surface area contributed by atoms with Gasteiger partial charge in [0.2, 0.25) is 0 Å². The first-order valence-electron chi connectivity index (χ1n) is 6.90. The summed E-state index contributed by atoms with van der Waals surface area (Å²) >= 11 is 0. The minimum atomic E-state index is -0.180. The van der Waals surface area contributed by atoms with Crippen molar-refractivity contribution in [1.29, 1.82) is 0 Å². The molecule has 104 valence electrons. The monoisotopic (exact) mass is 263 g/mol. The van der Waals surface area contributed by atoms with Crippen molar-refractivity contribution in [3.05, 3.63) is 23.3 Å². The van der Waals surface area contributed by atoms with Crippen molar-refractivity contribution in [2.75, 3.05) is 27.3 Å². The molecule has 2 heterocycles. The van der Waals surface area contributed by atoms with Gasteiger partial charge in [0.15, 0.2) is 11.5 Å². The zero-order chi connectivity index (χ0) is 13.4. The second-order valence-corrected chi connectivity index (χ2v) is 5.39. The molecule has 3 rings (SSSR count). The van der Waals surface area contributed by atoms with Crippen LogP contribution in [0.4, 0.5) is 0 Å². The van der Waals surface area contributed by atoms with Gasteiger partial charge in [-0.15, -0.1) is 0 Å². The molecule has 2 atom stereocenters. The predicted octanol–water partition coefficient (Wildman–Crippen LogP) is 1.76. The van der Waals surface area contributed by atoms with Gasteiger partial charge in [-0.3, -0.25) is 4.90 Å². The highest BCUT2D eigenvalue weighted by Gasteiger charge is 2.33. The Bertz CT molecular complexity index is 475. The molecule has 1 saturated heterocycles. The van der Waals surface area contributed by atoms with E-state index in [1.807, 2.05) is 0 Å². The number of hydrogen-bond acceptors (Lipinski definition) is 4. The molecule has 4 heteroatoms. The average Bonchev–Trinajstić information content (AvgIpc) is 2.45. The Hall–Kier alpha value is -1.26. The Morgan fingerprint density at radius 1 is 1.16 bits per heavy atom. The number of rotatable bonds is 2. The Balaban J connectivity index is 2.01. The summed E-state index contributed by atoms with van der Waals surface area (Å²) in [7, 11) is 3.34. The maximum Gasteiger partial charge on any atom is 0.161 e. The van der Waals surface area contributed by atoms with Crippen molar-refractivity contribution in [2.45, 2.75) is 31.4 Å². The molecule has 0 spiro atoms. The molecule has 0 saturated carbocycles. The van der Waals surface area contributed by atoms with Crippen LogP contribution in [0.15, 0.2) is 12.1 Å². The number of aliphatic hydroxyl groups is 1. The van der Waals surface area contributed by atoms with Gasteiger partial charge in [-0.05, 0) is 42.5 Å². The van der Waals surface area contributed by atoms with Crippen LogP contribution < -0.4 is 9.47 Å². The zero-order valence-corrected chi connectivity index (χ0v) is 11.6. The Morgan fingerprint density at radius 2 is 1.89 bits per heavy atom. The largest absolute Gasteiger partial charge is 0.493 e. The van der Waals surface area contributed by atoms with E-state index in [2.05, 4.69) is 17.0 Å². The molecule has 1 aromatic carbocycles. The van der Waals surface area contributed by atoms with Crippen molar-refractivity contribution in [3.63, 3.8) is 0 Å². The fourth-order valence-corrected chi connectivity index (χ4v) is 3.31. The van der Waals surface area contributed by atoms with Crippen LogP contribution in [0.25, 0.3) is 0 Å². The third kappa shape index (κ3) is 2.19. The van der Waals surface area contributed by atoms with Crippen molar-refractivity contribution < 1.29 is 14.6 Å². The van der Waals surface area contributed by atoms with Crippen LogP contribution in [-0.2, 0) is 6.42 Å². The lowest BCUT2D eigenvalue weighted by atomic mass is 9.85. The molecular formula is C15H21NO3. The van der Waals surface area contributed by atoms with Crippen LogP contribution in [0.5, 0.6) is 11.5 Å².